The van der Waals surface area contributed by atoms with Gasteiger partial charge >= 0.3 is 6.61 Å². The smallest absolute Gasteiger partial charge is 0.387 e. The van der Waals surface area contributed by atoms with Crippen molar-refractivity contribution in [2.75, 3.05) is 14.1 Å². The van der Waals surface area contributed by atoms with E-state index < -0.39 is 12.5 Å². The first-order chi connectivity index (χ1) is 12.9. The van der Waals surface area contributed by atoms with Crippen LogP contribution in [0.4, 0.5) is 8.78 Å². The molecule has 3 N–H and O–H groups in total. The molecule has 0 bridgehead atoms. The molecule has 2 aromatic rings. The monoisotopic (exact) mass is 504 g/mol. The Kier molecular flexibility index (Phi) is 9.63. The molecule has 0 saturated heterocycles. The van der Waals surface area contributed by atoms with Gasteiger partial charge in [-0.1, -0.05) is 24.3 Å². The number of alkyl halides is 2. The average molecular weight is 504 g/mol. The van der Waals surface area contributed by atoms with Gasteiger partial charge in [-0.15, -0.1) is 24.0 Å². The number of ether oxygens (including phenoxy) is 1. The molecule has 2 aromatic carbocycles. The number of primary amides is 1. The van der Waals surface area contributed by atoms with Crippen LogP contribution in [0, 0.1) is 0 Å². The van der Waals surface area contributed by atoms with E-state index in [4.69, 9.17) is 5.73 Å². The van der Waals surface area contributed by atoms with E-state index in [1.54, 1.807) is 37.4 Å². The molecule has 0 radical (unpaired) electrons. The number of aliphatic imine (C=N–C) groups is 1. The van der Waals surface area contributed by atoms with E-state index in [9.17, 15) is 13.6 Å². The maximum atomic E-state index is 12.2. The zero-order chi connectivity index (χ0) is 19.8. The van der Waals surface area contributed by atoms with Gasteiger partial charge in [0.05, 0.1) is 0 Å². The Hall–Kier alpha value is -2.43. The first kappa shape index (κ1) is 23.6. The number of guanidine groups is 1. The third-order valence-corrected chi connectivity index (χ3v) is 3.80. The summed E-state index contributed by atoms with van der Waals surface area (Å²) in [4.78, 5) is 17.4. The summed E-state index contributed by atoms with van der Waals surface area (Å²) in [6, 6.07) is 13.5. The molecule has 0 heterocycles. The van der Waals surface area contributed by atoms with Crippen molar-refractivity contribution in [3.63, 3.8) is 0 Å². The summed E-state index contributed by atoms with van der Waals surface area (Å²) in [5.74, 6) is 0.290. The molecule has 0 aliphatic carbocycles. The van der Waals surface area contributed by atoms with Crippen molar-refractivity contribution in [1.82, 2.24) is 10.2 Å². The van der Waals surface area contributed by atoms with Crippen molar-refractivity contribution in [2.24, 2.45) is 10.7 Å². The number of nitrogens with zero attached hydrogens (tertiary/aromatic N) is 2. The molecule has 0 atom stereocenters. The second-order valence-corrected chi connectivity index (χ2v) is 5.84. The topological polar surface area (TPSA) is 79.9 Å². The van der Waals surface area contributed by atoms with Crippen LogP contribution in [-0.4, -0.2) is 37.5 Å². The predicted octanol–water partition coefficient (Wildman–Crippen LogP) is 3.21. The van der Waals surface area contributed by atoms with Crippen LogP contribution in [0.25, 0.3) is 0 Å². The maximum absolute atomic E-state index is 12.2. The summed E-state index contributed by atoms with van der Waals surface area (Å²) in [6.07, 6.45) is 0. The van der Waals surface area contributed by atoms with E-state index >= 15 is 0 Å². The largest absolute Gasteiger partial charge is 0.435 e. The Morgan fingerprint density at radius 1 is 1.21 bits per heavy atom. The summed E-state index contributed by atoms with van der Waals surface area (Å²) in [7, 11) is 3.52. The molecule has 0 fully saturated rings. The molecular weight excluding hydrogens is 481 g/mol. The third-order valence-electron chi connectivity index (χ3n) is 3.80. The molecule has 0 aliphatic heterocycles. The van der Waals surface area contributed by atoms with Crippen LogP contribution in [0.5, 0.6) is 5.75 Å². The van der Waals surface area contributed by atoms with E-state index in [0.717, 1.165) is 11.1 Å². The number of rotatable bonds is 7. The summed E-state index contributed by atoms with van der Waals surface area (Å²) in [5, 5.41) is 3.21. The Morgan fingerprint density at radius 2 is 1.89 bits per heavy atom. The highest BCUT2D eigenvalue weighted by Crippen LogP contribution is 2.15. The van der Waals surface area contributed by atoms with E-state index in [-0.39, 0.29) is 29.7 Å². The second-order valence-electron chi connectivity index (χ2n) is 5.84. The molecule has 9 heteroatoms. The van der Waals surface area contributed by atoms with E-state index in [2.05, 4.69) is 15.0 Å². The lowest BCUT2D eigenvalue weighted by Gasteiger charge is -2.22. The Morgan fingerprint density at radius 3 is 2.46 bits per heavy atom. The van der Waals surface area contributed by atoms with Gasteiger partial charge in [-0.05, 0) is 35.4 Å². The summed E-state index contributed by atoms with van der Waals surface area (Å²) in [6.45, 7) is -1.84. The van der Waals surface area contributed by atoms with Gasteiger partial charge in [-0.25, -0.2) is 0 Å². The van der Waals surface area contributed by atoms with Crippen LogP contribution in [-0.2, 0) is 13.1 Å². The molecule has 1 amide bonds. The molecular formula is C19H23F2IN4O2. The fourth-order valence-corrected chi connectivity index (χ4v) is 2.53. The van der Waals surface area contributed by atoms with Gasteiger partial charge in [-0.3, -0.25) is 9.79 Å². The Balaban J connectivity index is 0.00000392. The van der Waals surface area contributed by atoms with Crippen molar-refractivity contribution in [3.8, 4) is 5.75 Å². The van der Waals surface area contributed by atoms with E-state index in [0.29, 0.717) is 24.6 Å². The van der Waals surface area contributed by atoms with Crippen LogP contribution < -0.4 is 15.8 Å². The molecule has 28 heavy (non-hydrogen) atoms. The van der Waals surface area contributed by atoms with Gasteiger partial charge in [0.2, 0.25) is 5.91 Å². The predicted molar refractivity (Wildman–Crippen MR) is 115 cm³/mol. The van der Waals surface area contributed by atoms with Gasteiger partial charge in [0.25, 0.3) is 0 Å². The van der Waals surface area contributed by atoms with Crippen LogP contribution >= 0.6 is 24.0 Å². The van der Waals surface area contributed by atoms with E-state index in [1.807, 2.05) is 18.0 Å². The van der Waals surface area contributed by atoms with Crippen LogP contribution in [0.15, 0.2) is 53.5 Å². The van der Waals surface area contributed by atoms with Gasteiger partial charge in [0, 0.05) is 32.7 Å². The molecule has 6 nitrogen and oxygen atoms in total. The minimum atomic E-state index is -2.84. The highest BCUT2D eigenvalue weighted by Gasteiger charge is 2.09. The molecule has 152 valence electrons. The van der Waals surface area contributed by atoms with Crippen molar-refractivity contribution < 1.29 is 18.3 Å². The molecule has 0 unspecified atom stereocenters. The molecule has 2 rings (SSSR count). The fourth-order valence-electron chi connectivity index (χ4n) is 2.53. The van der Waals surface area contributed by atoms with Crippen LogP contribution in [0.1, 0.15) is 21.5 Å². The lowest BCUT2D eigenvalue weighted by atomic mass is 10.1. The standard InChI is InChI=1S/C19H22F2N4O2.HI/c1-23-19(24-11-14-4-3-5-15(10-14)17(22)26)25(2)12-13-6-8-16(9-7-13)27-18(20)21;/h3-10,18H,11-12H2,1-2H3,(H2,22,26)(H,23,24);1H. The number of hydrogen-bond acceptors (Lipinski definition) is 3. The zero-order valence-corrected chi connectivity index (χ0v) is 17.9. The number of halogens is 3. The number of amides is 1. The van der Waals surface area contributed by atoms with Gasteiger partial charge in [0.15, 0.2) is 5.96 Å². The number of carbonyl (C=O) groups excluding carboxylic acids is 1. The first-order valence-corrected chi connectivity index (χ1v) is 8.23. The van der Waals surface area contributed by atoms with Gasteiger partial charge in [-0.2, -0.15) is 8.78 Å². The fraction of sp³-hybridized carbons (Fsp3) is 0.263. The molecule has 0 spiro atoms. The SMILES string of the molecule is CN=C(NCc1cccc(C(N)=O)c1)N(C)Cc1ccc(OC(F)F)cc1.I. The van der Waals surface area contributed by atoms with Crippen LogP contribution in [0.2, 0.25) is 0 Å². The lowest BCUT2D eigenvalue weighted by molar-refractivity contribution is -0.0498. The summed E-state index contributed by atoms with van der Waals surface area (Å²) >= 11 is 0. The van der Waals surface area contributed by atoms with Crippen molar-refractivity contribution in [3.05, 3.63) is 65.2 Å². The lowest BCUT2D eigenvalue weighted by Crippen LogP contribution is -2.38. The van der Waals surface area contributed by atoms with Crippen molar-refractivity contribution in [2.45, 2.75) is 19.7 Å². The highest BCUT2D eigenvalue weighted by molar-refractivity contribution is 14.0. The van der Waals surface area contributed by atoms with E-state index in [1.165, 1.54) is 12.1 Å². The van der Waals surface area contributed by atoms with Crippen molar-refractivity contribution in [1.29, 1.82) is 0 Å². The molecule has 0 aromatic heterocycles. The highest BCUT2D eigenvalue weighted by atomic mass is 127. The second kappa shape index (κ2) is 11.4. The zero-order valence-electron chi connectivity index (χ0n) is 15.6. The normalized spacial score (nSPS) is 11.0. The number of hydrogen-bond donors (Lipinski definition) is 2. The number of nitrogens with one attached hydrogen (secondary N) is 1. The third kappa shape index (κ3) is 7.29. The minimum absolute atomic E-state index is 0. The summed E-state index contributed by atoms with van der Waals surface area (Å²) < 4.78 is 28.7. The van der Waals surface area contributed by atoms with Crippen LogP contribution in [0.3, 0.4) is 0 Å². The van der Waals surface area contributed by atoms with Gasteiger partial charge in [0.1, 0.15) is 5.75 Å². The quantitative estimate of drug-likeness (QED) is 0.345. The Bertz CT molecular complexity index is 801. The Labute approximate surface area is 179 Å². The number of nitrogens with two attached hydrogens (primary N) is 1. The number of benzene rings is 2. The number of carbonyl (C=O) groups is 1. The molecule has 0 aliphatic rings. The molecule has 0 saturated carbocycles. The van der Waals surface area contributed by atoms with Gasteiger partial charge < -0.3 is 20.7 Å². The van der Waals surface area contributed by atoms with Crippen molar-refractivity contribution >= 4 is 35.8 Å². The summed E-state index contributed by atoms with van der Waals surface area (Å²) in [5.41, 5.74) is 7.55. The average Bonchev–Trinajstić information content (AvgIpc) is 2.63. The maximum Gasteiger partial charge on any atom is 0.387 e. The first-order valence-electron chi connectivity index (χ1n) is 8.23. The minimum Gasteiger partial charge on any atom is -0.435 e.